The number of urea groups is 1. The summed E-state index contributed by atoms with van der Waals surface area (Å²) >= 11 is 0. The van der Waals surface area contributed by atoms with Crippen molar-refractivity contribution >= 4 is 17.7 Å². The van der Waals surface area contributed by atoms with E-state index >= 15 is 0 Å². The summed E-state index contributed by atoms with van der Waals surface area (Å²) in [7, 11) is 0. The van der Waals surface area contributed by atoms with E-state index in [0.717, 1.165) is 6.42 Å². The summed E-state index contributed by atoms with van der Waals surface area (Å²) in [6.07, 6.45) is 0.808. The maximum atomic E-state index is 11.8. The molecule has 6 heteroatoms. The van der Waals surface area contributed by atoms with E-state index in [4.69, 9.17) is 9.84 Å². The van der Waals surface area contributed by atoms with Crippen LogP contribution in [0, 0.1) is 0 Å². The van der Waals surface area contributed by atoms with Gasteiger partial charge in [-0.25, -0.2) is 9.59 Å². The highest BCUT2D eigenvalue weighted by molar-refractivity contribution is 5.89. The number of ether oxygens (including phenoxy) is 1. The van der Waals surface area contributed by atoms with Crippen molar-refractivity contribution in [1.82, 2.24) is 5.32 Å². The number of carbonyl (C=O) groups excluding carboxylic acids is 1. The minimum atomic E-state index is -1.05. The average Bonchev–Trinajstić information content (AvgIpc) is 2.36. The van der Waals surface area contributed by atoms with Gasteiger partial charge in [-0.05, 0) is 32.4 Å². The van der Waals surface area contributed by atoms with E-state index in [1.54, 1.807) is 24.3 Å². The van der Waals surface area contributed by atoms with Crippen LogP contribution in [-0.4, -0.2) is 29.3 Å². The maximum Gasteiger partial charge on any atom is 0.341 e. The SMILES string of the molecule is CCC(C)(C)NC(=O)Nc1cccc(OCC(=O)O)c1. The molecule has 20 heavy (non-hydrogen) atoms. The second-order valence-corrected chi connectivity index (χ2v) is 5.03. The molecule has 6 nitrogen and oxygen atoms in total. The van der Waals surface area contributed by atoms with Crippen LogP contribution in [0.5, 0.6) is 5.75 Å². The number of carbonyl (C=O) groups is 2. The molecule has 0 saturated heterocycles. The van der Waals surface area contributed by atoms with Gasteiger partial charge in [-0.15, -0.1) is 0 Å². The van der Waals surface area contributed by atoms with Gasteiger partial charge in [-0.1, -0.05) is 13.0 Å². The van der Waals surface area contributed by atoms with Crippen LogP contribution in [0.25, 0.3) is 0 Å². The van der Waals surface area contributed by atoms with Crippen molar-refractivity contribution in [1.29, 1.82) is 0 Å². The molecule has 0 heterocycles. The van der Waals surface area contributed by atoms with Crippen molar-refractivity contribution < 1.29 is 19.4 Å². The van der Waals surface area contributed by atoms with Gasteiger partial charge in [0.1, 0.15) is 5.75 Å². The van der Waals surface area contributed by atoms with E-state index in [1.165, 1.54) is 0 Å². The van der Waals surface area contributed by atoms with Gasteiger partial charge < -0.3 is 20.5 Å². The molecule has 0 saturated carbocycles. The van der Waals surface area contributed by atoms with Crippen LogP contribution in [0.2, 0.25) is 0 Å². The molecule has 0 aliphatic rings. The van der Waals surface area contributed by atoms with Gasteiger partial charge >= 0.3 is 12.0 Å². The second-order valence-electron chi connectivity index (χ2n) is 5.03. The van der Waals surface area contributed by atoms with E-state index in [-0.39, 0.29) is 11.6 Å². The minimum absolute atomic E-state index is 0.290. The molecule has 110 valence electrons. The lowest BCUT2D eigenvalue weighted by Gasteiger charge is -2.24. The van der Waals surface area contributed by atoms with Crippen molar-refractivity contribution in [3.05, 3.63) is 24.3 Å². The zero-order valence-electron chi connectivity index (χ0n) is 11.9. The molecule has 3 N–H and O–H groups in total. The van der Waals surface area contributed by atoms with Gasteiger partial charge in [0.05, 0.1) is 0 Å². The van der Waals surface area contributed by atoms with Crippen molar-refractivity contribution in [2.24, 2.45) is 0 Å². The van der Waals surface area contributed by atoms with Gasteiger partial charge in [-0.3, -0.25) is 0 Å². The number of aliphatic carboxylic acids is 1. The van der Waals surface area contributed by atoms with Crippen LogP contribution in [0.1, 0.15) is 27.2 Å². The van der Waals surface area contributed by atoms with Crippen LogP contribution >= 0.6 is 0 Å². The number of hydrogen-bond acceptors (Lipinski definition) is 3. The molecular weight excluding hydrogens is 260 g/mol. The highest BCUT2D eigenvalue weighted by atomic mass is 16.5. The topological polar surface area (TPSA) is 87.7 Å². The summed E-state index contributed by atoms with van der Waals surface area (Å²) < 4.78 is 5.04. The molecular formula is C14H20N2O4. The molecule has 1 aromatic rings. The lowest BCUT2D eigenvalue weighted by atomic mass is 10.0. The summed E-state index contributed by atoms with van der Waals surface area (Å²) in [5.74, 6) is -0.661. The smallest absolute Gasteiger partial charge is 0.341 e. The normalized spacial score (nSPS) is 10.8. The number of rotatable bonds is 6. The van der Waals surface area contributed by atoms with Crippen molar-refractivity contribution in [3.8, 4) is 5.75 Å². The first-order chi connectivity index (χ1) is 9.32. The summed E-state index contributed by atoms with van der Waals surface area (Å²) in [5.41, 5.74) is 0.249. The highest BCUT2D eigenvalue weighted by Gasteiger charge is 2.17. The van der Waals surface area contributed by atoms with Crippen LogP contribution in [0.4, 0.5) is 10.5 Å². The maximum absolute atomic E-state index is 11.8. The minimum Gasteiger partial charge on any atom is -0.482 e. The van der Waals surface area contributed by atoms with Gasteiger partial charge in [0.15, 0.2) is 6.61 Å². The molecule has 0 radical (unpaired) electrons. The van der Waals surface area contributed by atoms with Crippen LogP contribution in [0.15, 0.2) is 24.3 Å². The van der Waals surface area contributed by atoms with Crippen LogP contribution < -0.4 is 15.4 Å². The third-order valence-corrected chi connectivity index (χ3v) is 2.79. The van der Waals surface area contributed by atoms with Gasteiger partial charge in [0.25, 0.3) is 0 Å². The molecule has 0 spiro atoms. The Balaban J connectivity index is 2.61. The van der Waals surface area contributed by atoms with E-state index in [2.05, 4.69) is 10.6 Å². The van der Waals surface area contributed by atoms with Gasteiger partial charge in [0.2, 0.25) is 0 Å². The Morgan fingerprint density at radius 3 is 2.65 bits per heavy atom. The third-order valence-electron chi connectivity index (χ3n) is 2.79. The van der Waals surface area contributed by atoms with Gasteiger partial charge in [0, 0.05) is 17.3 Å². The summed E-state index contributed by atoms with van der Waals surface area (Å²) in [6.45, 7) is 5.43. The summed E-state index contributed by atoms with van der Waals surface area (Å²) in [6, 6.07) is 6.26. The lowest BCUT2D eigenvalue weighted by Crippen LogP contribution is -2.45. The number of benzene rings is 1. The second kappa shape index (κ2) is 6.79. The quantitative estimate of drug-likeness (QED) is 0.747. The number of carboxylic acids is 1. The van der Waals surface area contributed by atoms with Crippen molar-refractivity contribution in [2.45, 2.75) is 32.7 Å². The molecule has 2 amide bonds. The molecule has 0 fully saturated rings. The van der Waals surface area contributed by atoms with E-state index < -0.39 is 12.6 Å². The van der Waals surface area contributed by atoms with Crippen LogP contribution in [-0.2, 0) is 4.79 Å². The Bertz CT molecular complexity index is 486. The first-order valence-corrected chi connectivity index (χ1v) is 6.36. The number of carboxylic acid groups (broad SMARTS) is 1. The number of hydrogen-bond donors (Lipinski definition) is 3. The number of anilines is 1. The fourth-order valence-electron chi connectivity index (χ4n) is 1.37. The molecule has 0 unspecified atom stereocenters. The Labute approximate surface area is 118 Å². The van der Waals surface area contributed by atoms with Crippen molar-refractivity contribution in [3.63, 3.8) is 0 Å². The molecule has 0 aliphatic heterocycles. The molecule has 0 atom stereocenters. The highest BCUT2D eigenvalue weighted by Crippen LogP contribution is 2.17. The Morgan fingerprint density at radius 2 is 2.05 bits per heavy atom. The average molecular weight is 280 g/mol. The summed E-state index contributed by atoms with van der Waals surface area (Å²) in [4.78, 5) is 22.2. The monoisotopic (exact) mass is 280 g/mol. The first kappa shape index (κ1) is 15.8. The fourth-order valence-corrected chi connectivity index (χ4v) is 1.37. The van der Waals surface area contributed by atoms with Crippen LogP contribution in [0.3, 0.4) is 0 Å². The predicted molar refractivity (Wildman–Crippen MR) is 76.1 cm³/mol. The fraction of sp³-hybridized carbons (Fsp3) is 0.429. The third kappa shape index (κ3) is 5.60. The number of nitrogens with one attached hydrogen (secondary N) is 2. The zero-order chi connectivity index (χ0) is 15.2. The largest absolute Gasteiger partial charge is 0.482 e. The van der Waals surface area contributed by atoms with Gasteiger partial charge in [-0.2, -0.15) is 0 Å². The lowest BCUT2D eigenvalue weighted by molar-refractivity contribution is -0.139. The number of amides is 2. The molecule has 0 aliphatic carbocycles. The Morgan fingerprint density at radius 1 is 1.35 bits per heavy atom. The van der Waals surface area contributed by atoms with Crippen molar-refractivity contribution in [2.75, 3.05) is 11.9 Å². The molecule has 0 aromatic heterocycles. The van der Waals surface area contributed by atoms with E-state index in [0.29, 0.717) is 11.4 Å². The first-order valence-electron chi connectivity index (χ1n) is 6.36. The molecule has 1 aromatic carbocycles. The Kier molecular flexibility index (Phi) is 5.37. The predicted octanol–water partition coefficient (Wildman–Crippen LogP) is 2.46. The van der Waals surface area contributed by atoms with E-state index in [1.807, 2.05) is 20.8 Å². The molecule has 1 rings (SSSR count). The zero-order valence-corrected chi connectivity index (χ0v) is 11.9. The summed E-state index contributed by atoms with van der Waals surface area (Å²) in [5, 5.41) is 14.1. The molecule has 0 bridgehead atoms. The Hall–Kier alpha value is -2.24. The van der Waals surface area contributed by atoms with E-state index in [9.17, 15) is 9.59 Å². The standard InChI is InChI=1S/C14H20N2O4/c1-4-14(2,3)16-13(19)15-10-6-5-7-11(8-10)20-9-12(17)18/h5-8H,4,9H2,1-3H3,(H,17,18)(H2,15,16,19).